The Morgan fingerprint density at radius 1 is 1.17 bits per heavy atom. The zero-order chi connectivity index (χ0) is 20.7. The molecule has 0 bridgehead atoms. The van der Waals surface area contributed by atoms with Crippen molar-refractivity contribution in [2.24, 2.45) is 0 Å². The van der Waals surface area contributed by atoms with Gasteiger partial charge in [-0.05, 0) is 49.8 Å². The molecule has 1 aliphatic rings. The lowest BCUT2D eigenvalue weighted by molar-refractivity contribution is -0.143. The number of ether oxygens (including phenoxy) is 2. The van der Waals surface area contributed by atoms with Crippen LogP contribution in [0.4, 0.5) is 0 Å². The van der Waals surface area contributed by atoms with Gasteiger partial charge < -0.3 is 9.47 Å². The summed E-state index contributed by atoms with van der Waals surface area (Å²) in [5.41, 5.74) is 3.06. The number of hydrogen-bond acceptors (Lipinski definition) is 5. The second kappa shape index (κ2) is 9.56. The molecule has 0 N–H and O–H groups in total. The Bertz CT molecular complexity index is 908. The molecule has 5 nitrogen and oxygen atoms in total. The van der Waals surface area contributed by atoms with Crippen molar-refractivity contribution in [3.05, 3.63) is 53.1 Å². The second-order valence-electron chi connectivity index (χ2n) is 7.84. The zero-order valence-corrected chi connectivity index (χ0v) is 17.5. The minimum atomic E-state index is -0.142. The van der Waals surface area contributed by atoms with Crippen molar-refractivity contribution in [1.82, 2.24) is 9.97 Å². The number of fused-ring (bicyclic) bond motifs is 1. The SMILES string of the molecule is CCOC(=O)CCCCc1ncc(C#Cc2ccc3c(c2)C(C)(C)CCO3)cn1. The number of unbranched alkanes of at least 4 members (excludes halogenated alkanes) is 1. The number of aryl methyl sites for hydroxylation is 1. The summed E-state index contributed by atoms with van der Waals surface area (Å²) in [5.74, 6) is 7.94. The van der Waals surface area contributed by atoms with Crippen LogP contribution < -0.4 is 4.74 Å². The summed E-state index contributed by atoms with van der Waals surface area (Å²) >= 11 is 0. The van der Waals surface area contributed by atoms with Gasteiger partial charge in [-0.15, -0.1) is 0 Å². The number of benzene rings is 1. The van der Waals surface area contributed by atoms with Crippen molar-refractivity contribution in [1.29, 1.82) is 0 Å². The van der Waals surface area contributed by atoms with Crippen molar-refractivity contribution >= 4 is 5.97 Å². The first-order valence-electron chi connectivity index (χ1n) is 10.2. The number of nitrogens with zero attached hydrogens (tertiary/aromatic N) is 2. The molecule has 0 aliphatic carbocycles. The quantitative estimate of drug-likeness (QED) is 0.419. The normalized spacial score (nSPS) is 14.2. The van der Waals surface area contributed by atoms with E-state index in [0.29, 0.717) is 13.0 Å². The van der Waals surface area contributed by atoms with Crippen LogP contribution in [0.1, 0.15) is 69.0 Å². The fourth-order valence-corrected chi connectivity index (χ4v) is 3.29. The highest BCUT2D eigenvalue weighted by Gasteiger charge is 2.28. The first-order valence-corrected chi connectivity index (χ1v) is 10.2. The van der Waals surface area contributed by atoms with Gasteiger partial charge in [0, 0.05) is 36.4 Å². The van der Waals surface area contributed by atoms with Gasteiger partial charge in [0.1, 0.15) is 11.6 Å². The Morgan fingerprint density at radius 2 is 1.93 bits per heavy atom. The molecular formula is C24H28N2O3. The maximum absolute atomic E-state index is 11.3. The van der Waals surface area contributed by atoms with Crippen molar-refractivity contribution in [3.63, 3.8) is 0 Å². The second-order valence-corrected chi connectivity index (χ2v) is 7.84. The lowest BCUT2D eigenvalue weighted by Gasteiger charge is -2.32. The molecule has 1 aliphatic heterocycles. The van der Waals surface area contributed by atoms with Crippen molar-refractivity contribution < 1.29 is 14.3 Å². The Morgan fingerprint density at radius 3 is 2.69 bits per heavy atom. The summed E-state index contributed by atoms with van der Waals surface area (Å²) in [6.45, 7) is 7.49. The van der Waals surface area contributed by atoms with Crippen LogP contribution in [0.2, 0.25) is 0 Å². The maximum atomic E-state index is 11.3. The third-order valence-corrected chi connectivity index (χ3v) is 5.09. The topological polar surface area (TPSA) is 61.3 Å². The fourth-order valence-electron chi connectivity index (χ4n) is 3.29. The molecule has 2 aromatic rings. The average Bonchev–Trinajstić information content (AvgIpc) is 2.71. The molecule has 0 saturated heterocycles. The highest BCUT2D eigenvalue weighted by Crippen LogP contribution is 2.38. The van der Waals surface area contributed by atoms with Gasteiger partial charge in [0.05, 0.1) is 18.8 Å². The van der Waals surface area contributed by atoms with Crippen LogP contribution in [0.5, 0.6) is 5.75 Å². The van der Waals surface area contributed by atoms with E-state index >= 15 is 0 Å². The number of aromatic nitrogens is 2. The number of rotatable bonds is 6. The third kappa shape index (κ3) is 5.80. The average molecular weight is 392 g/mol. The predicted molar refractivity (Wildman–Crippen MR) is 112 cm³/mol. The number of esters is 1. The van der Waals surface area contributed by atoms with E-state index in [0.717, 1.165) is 55.0 Å². The highest BCUT2D eigenvalue weighted by atomic mass is 16.5. The van der Waals surface area contributed by atoms with Crippen LogP contribution >= 0.6 is 0 Å². The first-order chi connectivity index (χ1) is 14.0. The van der Waals surface area contributed by atoms with E-state index in [1.807, 2.05) is 19.1 Å². The standard InChI is InChI=1S/C24H28N2O3/c1-4-28-23(27)8-6-5-7-22-25-16-19(17-26-22)10-9-18-11-12-21-20(15-18)24(2,3)13-14-29-21/h11-12,15-17H,4-8,13-14H2,1-3H3. The van der Waals surface area contributed by atoms with Crippen LogP contribution in [0.15, 0.2) is 30.6 Å². The lowest BCUT2D eigenvalue weighted by atomic mass is 9.79. The molecule has 0 spiro atoms. The summed E-state index contributed by atoms with van der Waals surface area (Å²) < 4.78 is 10.7. The van der Waals surface area contributed by atoms with Gasteiger partial charge in [0.2, 0.25) is 0 Å². The van der Waals surface area contributed by atoms with Crippen molar-refractivity contribution in [2.75, 3.05) is 13.2 Å². The molecule has 1 aromatic heterocycles. The molecule has 1 aromatic carbocycles. The fraction of sp³-hybridized carbons (Fsp3) is 0.458. The van der Waals surface area contributed by atoms with Crippen LogP contribution in [0.25, 0.3) is 0 Å². The summed E-state index contributed by atoms with van der Waals surface area (Å²) in [5, 5.41) is 0. The molecule has 29 heavy (non-hydrogen) atoms. The van der Waals surface area contributed by atoms with E-state index in [4.69, 9.17) is 9.47 Å². The minimum Gasteiger partial charge on any atom is -0.493 e. The molecule has 0 fully saturated rings. The van der Waals surface area contributed by atoms with Gasteiger partial charge >= 0.3 is 5.97 Å². The predicted octanol–water partition coefficient (Wildman–Crippen LogP) is 4.21. The molecule has 0 saturated carbocycles. The number of hydrogen-bond donors (Lipinski definition) is 0. The smallest absolute Gasteiger partial charge is 0.305 e. The van der Waals surface area contributed by atoms with Crippen LogP contribution in [-0.2, 0) is 21.4 Å². The monoisotopic (exact) mass is 392 g/mol. The maximum Gasteiger partial charge on any atom is 0.305 e. The lowest BCUT2D eigenvalue weighted by Crippen LogP contribution is -2.26. The Hall–Kier alpha value is -2.87. The van der Waals surface area contributed by atoms with Gasteiger partial charge in [-0.1, -0.05) is 25.7 Å². The van der Waals surface area contributed by atoms with E-state index in [1.54, 1.807) is 12.4 Å². The van der Waals surface area contributed by atoms with E-state index < -0.39 is 0 Å². The first kappa shape index (κ1) is 20.9. The van der Waals surface area contributed by atoms with Crippen LogP contribution in [-0.4, -0.2) is 29.2 Å². The van der Waals surface area contributed by atoms with E-state index in [-0.39, 0.29) is 11.4 Å². The van der Waals surface area contributed by atoms with Crippen molar-refractivity contribution in [2.45, 2.75) is 58.3 Å². The van der Waals surface area contributed by atoms with Gasteiger partial charge in [0.25, 0.3) is 0 Å². The minimum absolute atomic E-state index is 0.101. The molecule has 0 atom stereocenters. The third-order valence-electron chi connectivity index (χ3n) is 5.09. The highest BCUT2D eigenvalue weighted by molar-refractivity contribution is 5.69. The van der Waals surface area contributed by atoms with Crippen LogP contribution in [0.3, 0.4) is 0 Å². The van der Waals surface area contributed by atoms with E-state index in [2.05, 4.69) is 41.7 Å². The molecule has 0 radical (unpaired) electrons. The zero-order valence-electron chi connectivity index (χ0n) is 17.5. The van der Waals surface area contributed by atoms with Crippen LogP contribution in [0, 0.1) is 11.8 Å². The summed E-state index contributed by atoms with van der Waals surface area (Å²) in [4.78, 5) is 20.1. The van der Waals surface area contributed by atoms with Gasteiger partial charge in [-0.25, -0.2) is 9.97 Å². The molecular weight excluding hydrogens is 364 g/mol. The molecule has 0 unspecified atom stereocenters. The largest absolute Gasteiger partial charge is 0.493 e. The van der Waals surface area contributed by atoms with Gasteiger partial charge in [-0.2, -0.15) is 0 Å². The van der Waals surface area contributed by atoms with Gasteiger partial charge in [-0.3, -0.25) is 4.79 Å². The summed E-state index contributed by atoms with van der Waals surface area (Å²) in [7, 11) is 0. The molecule has 152 valence electrons. The van der Waals surface area contributed by atoms with Gasteiger partial charge in [0.15, 0.2) is 0 Å². The number of carbonyl (C=O) groups is 1. The molecule has 2 heterocycles. The Labute approximate surface area is 172 Å². The number of carbonyl (C=O) groups excluding carboxylic acids is 1. The van der Waals surface area contributed by atoms with Crippen molar-refractivity contribution in [3.8, 4) is 17.6 Å². The van der Waals surface area contributed by atoms with E-state index in [9.17, 15) is 4.79 Å². The Kier molecular flexibility index (Phi) is 6.87. The summed E-state index contributed by atoms with van der Waals surface area (Å²) in [6, 6.07) is 6.13. The summed E-state index contributed by atoms with van der Waals surface area (Å²) in [6.07, 6.45) is 7.34. The molecule has 3 rings (SSSR count). The Balaban J connectivity index is 1.57. The molecule has 5 heteroatoms. The molecule has 0 amide bonds. The van der Waals surface area contributed by atoms with E-state index in [1.165, 1.54) is 5.56 Å².